The maximum atomic E-state index is 12.8. The highest BCUT2D eigenvalue weighted by molar-refractivity contribution is 6.27. The predicted molar refractivity (Wildman–Crippen MR) is 101 cm³/mol. The Morgan fingerprint density at radius 1 is 1.00 bits per heavy atom. The molecule has 27 heavy (non-hydrogen) atoms. The first kappa shape index (κ1) is 18.1. The second-order valence-corrected chi connectivity index (χ2v) is 7.51. The predicted octanol–water partition coefficient (Wildman–Crippen LogP) is 2.29. The number of rotatable bonds is 9. The minimum absolute atomic E-state index is 0.0962. The first-order valence-corrected chi connectivity index (χ1v) is 9.78. The van der Waals surface area contributed by atoms with Crippen molar-refractivity contribution in [3.8, 4) is 0 Å². The Balaban J connectivity index is 1.29. The average molecular weight is 367 g/mol. The molecule has 0 aromatic carbocycles. The Kier molecular flexibility index (Phi) is 5.18. The van der Waals surface area contributed by atoms with E-state index in [0.29, 0.717) is 22.4 Å². The van der Waals surface area contributed by atoms with Crippen molar-refractivity contribution >= 4 is 11.6 Å². The van der Waals surface area contributed by atoms with Crippen molar-refractivity contribution in [1.82, 2.24) is 14.5 Å². The number of hydrogen-bond donors (Lipinski definition) is 1. The number of fused-ring (bicyclic) bond motifs is 2. The Labute approximate surface area is 158 Å². The molecule has 1 atom stereocenters. The fraction of sp³-hybridized carbons (Fsp3) is 0.476. The summed E-state index contributed by atoms with van der Waals surface area (Å²) in [5.41, 5.74) is 1.84. The van der Waals surface area contributed by atoms with E-state index >= 15 is 0 Å². The molecule has 1 aliphatic carbocycles. The number of carbonyl (C=O) groups is 2. The second-order valence-electron chi connectivity index (χ2n) is 7.51. The molecule has 0 saturated carbocycles. The molecule has 0 amide bonds. The molecule has 1 saturated heterocycles. The molecule has 2 aromatic heterocycles. The van der Waals surface area contributed by atoms with E-state index in [4.69, 9.17) is 0 Å². The van der Waals surface area contributed by atoms with Crippen molar-refractivity contribution in [2.45, 2.75) is 44.8 Å². The molecule has 142 valence electrons. The van der Waals surface area contributed by atoms with E-state index in [-0.39, 0.29) is 17.7 Å². The molecule has 2 aliphatic rings. The lowest BCUT2D eigenvalue weighted by Gasteiger charge is -2.16. The van der Waals surface area contributed by atoms with Crippen LogP contribution in [0.25, 0.3) is 0 Å². The molecule has 6 heteroatoms. The number of hydrogen-bond acceptors (Lipinski definition) is 5. The van der Waals surface area contributed by atoms with Gasteiger partial charge in [-0.2, -0.15) is 0 Å². The van der Waals surface area contributed by atoms with Crippen LogP contribution in [0.5, 0.6) is 0 Å². The van der Waals surface area contributed by atoms with Crippen molar-refractivity contribution in [3.63, 3.8) is 0 Å². The number of nitrogens with zero attached hydrogens (tertiary/aromatic N) is 3. The van der Waals surface area contributed by atoms with Crippen LogP contribution in [0.1, 0.15) is 64.1 Å². The summed E-state index contributed by atoms with van der Waals surface area (Å²) in [7, 11) is 0. The number of pyridine rings is 1. The molecule has 3 heterocycles. The summed E-state index contributed by atoms with van der Waals surface area (Å²) in [6.45, 7) is 3.78. The number of unbranched alkanes of at least 4 members (excludes halogenated alkanes) is 3. The monoisotopic (exact) mass is 367 g/mol. The summed E-state index contributed by atoms with van der Waals surface area (Å²) >= 11 is 0. The van der Waals surface area contributed by atoms with E-state index in [2.05, 4.69) is 9.88 Å². The largest absolute Gasteiger partial charge is 0.392 e. The van der Waals surface area contributed by atoms with Crippen molar-refractivity contribution < 1.29 is 14.7 Å². The molecule has 6 nitrogen and oxygen atoms in total. The minimum atomic E-state index is -0.207. The first-order valence-electron chi connectivity index (χ1n) is 9.78. The van der Waals surface area contributed by atoms with Crippen LogP contribution in [0.15, 0.2) is 30.7 Å². The number of aliphatic hydroxyl groups excluding tert-OH is 1. The molecule has 0 bridgehead atoms. The van der Waals surface area contributed by atoms with Crippen molar-refractivity contribution in [1.29, 1.82) is 0 Å². The summed E-state index contributed by atoms with van der Waals surface area (Å²) < 4.78 is 1.90. The SMILES string of the molecule is O=C1c2ccncc2C(=O)c2c1ccn2CCCCCCC(O)CN1CC1. The highest BCUT2D eigenvalue weighted by Crippen LogP contribution is 2.27. The van der Waals surface area contributed by atoms with Crippen LogP contribution in [0.4, 0.5) is 0 Å². The fourth-order valence-electron chi connectivity index (χ4n) is 3.80. The van der Waals surface area contributed by atoms with Crippen LogP contribution in [-0.4, -0.2) is 56.9 Å². The molecular weight excluding hydrogens is 342 g/mol. The summed E-state index contributed by atoms with van der Waals surface area (Å²) in [6.07, 6.45) is 9.61. The topological polar surface area (TPSA) is 75.2 Å². The quantitative estimate of drug-likeness (QED) is 0.464. The van der Waals surface area contributed by atoms with Gasteiger partial charge in [0.1, 0.15) is 5.69 Å². The van der Waals surface area contributed by atoms with Gasteiger partial charge < -0.3 is 9.67 Å². The van der Waals surface area contributed by atoms with Gasteiger partial charge in [-0.25, -0.2) is 0 Å². The van der Waals surface area contributed by atoms with Crippen LogP contribution >= 0.6 is 0 Å². The summed E-state index contributed by atoms with van der Waals surface area (Å²) in [5, 5.41) is 9.91. The zero-order valence-corrected chi connectivity index (χ0v) is 15.4. The lowest BCUT2D eigenvalue weighted by atomic mass is 9.89. The van der Waals surface area contributed by atoms with Crippen molar-refractivity contribution in [2.24, 2.45) is 0 Å². The zero-order valence-electron chi connectivity index (χ0n) is 15.4. The molecule has 0 radical (unpaired) electrons. The van der Waals surface area contributed by atoms with Crippen LogP contribution in [0.3, 0.4) is 0 Å². The van der Waals surface area contributed by atoms with Gasteiger partial charge in [-0.3, -0.25) is 19.5 Å². The lowest BCUT2D eigenvalue weighted by molar-refractivity contribution is 0.0973. The average Bonchev–Trinajstić information content (AvgIpc) is 3.38. The molecule has 0 spiro atoms. The number of aromatic nitrogens is 2. The highest BCUT2D eigenvalue weighted by Gasteiger charge is 2.32. The molecular formula is C21H25N3O3. The van der Waals surface area contributed by atoms with E-state index in [1.165, 1.54) is 6.20 Å². The van der Waals surface area contributed by atoms with Gasteiger partial charge in [-0.15, -0.1) is 0 Å². The molecule has 1 aliphatic heterocycles. The Hall–Kier alpha value is -2.31. The number of ketones is 2. The van der Waals surface area contributed by atoms with E-state index in [9.17, 15) is 14.7 Å². The van der Waals surface area contributed by atoms with Crippen LogP contribution < -0.4 is 0 Å². The van der Waals surface area contributed by atoms with Gasteiger partial charge in [0.25, 0.3) is 0 Å². The normalized spacial score (nSPS) is 16.9. The third kappa shape index (κ3) is 3.87. The summed E-state index contributed by atoms with van der Waals surface area (Å²) in [6, 6.07) is 3.37. The highest BCUT2D eigenvalue weighted by atomic mass is 16.3. The Morgan fingerprint density at radius 2 is 1.81 bits per heavy atom. The number of carbonyl (C=O) groups excluding carboxylic acids is 2. The van der Waals surface area contributed by atoms with Crippen LogP contribution in [0, 0.1) is 0 Å². The summed E-state index contributed by atoms with van der Waals surface area (Å²) in [4.78, 5) is 31.6. The van der Waals surface area contributed by atoms with Crippen LogP contribution in [-0.2, 0) is 6.54 Å². The number of aliphatic hydroxyl groups is 1. The van der Waals surface area contributed by atoms with Crippen molar-refractivity contribution in [2.75, 3.05) is 19.6 Å². The zero-order chi connectivity index (χ0) is 18.8. The molecule has 1 N–H and O–H groups in total. The van der Waals surface area contributed by atoms with Gasteiger partial charge >= 0.3 is 0 Å². The third-order valence-corrected chi connectivity index (χ3v) is 5.43. The Bertz CT molecular complexity index is 854. The third-order valence-electron chi connectivity index (χ3n) is 5.43. The van der Waals surface area contributed by atoms with Crippen LogP contribution in [0.2, 0.25) is 0 Å². The minimum Gasteiger partial charge on any atom is -0.392 e. The van der Waals surface area contributed by atoms with Crippen molar-refractivity contribution in [3.05, 3.63) is 53.1 Å². The first-order chi connectivity index (χ1) is 13.1. The molecule has 1 fully saturated rings. The summed E-state index contributed by atoms with van der Waals surface area (Å²) in [5.74, 6) is -0.211. The van der Waals surface area contributed by atoms with Gasteiger partial charge in [-0.1, -0.05) is 19.3 Å². The molecule has 2 aromatic rings. The number of β-amino-alcohol motifs (C(OH)–C–C–N with tert-alkyl or cyclic N) is 1. The maximum Gasteiger partial charge on any atom is 0.212 e. The van der Waals surface area contributed by atoms with E-state index < -0.39 is 0 Å². The van der Waals surface area contributed by atoms with Gasteiger partial charge in [0.15, 0.2) is 5.78 Å². The van der Waals surface area contributed by atoms with E-state index in [1.807, 2.05) is 10.8 Å². The van der Waals surface area contributed by atoms with Gasteiger partial charge in [0, 0.05) is 50.3 Å². The smallest absolute Gasteiger partial charge is 0.212 e. The lowest BCUT2D eigenvalue weighted by Crippen LogP contribution is -2.23. The van der Waals surface area contributed by atoms with E-state index in [1.54, 1.807) is 18.3 Å². The number of aryl methyl sites for hydroxylation is 1. The standard InChI is InChI=1S/C21H25N3O3/c25-15(14-23-11-12-23)5-3-1-2-4-9-24-10-7-17-19(24)21(27)18-13-22-8-6-16(18)20(17)26/h6-8,10,13,15,25H,1-5,9,11-12,14H2. The Morgan fingerprint density at radius 3 is 2.63 bits per heavy atom. The van der Waals surface area contributed by atoms with E-state index in [0.717, 1.165) is 58.3 Å². The molecule has 4 rings (SSSR count). The maximum absolute atomic E-state index is 12.8. The van der Waals surface area contributed by atoms with Gasteiger partial charge in [0.05, 0.1) is 17.2 Å². The molecule has 1 unspecified atom stereocenters. The fourth-order valence-corrected chi connectivity index (χ4v) is 3.80. The second kappa shape index (κ2) is 7.74. The van der Waals surface area contributed by atoms with Gasteiger partial charge in [-0.05, 0) is 25.0 Å². The van der Waals surface area contributed by atoms with Gasteiger partial charge in [0.2, 0.25) is 5.78 Å².